The average Bonchev–Trinajstić information content (AvgIpc) is 2.62. The molecular weight excluding hydrogens is 378 g/mol. The van der Waals surface area contributed by atoms with Gasteiger partial charge in [-0.15, -0.1) is 0 Å². The van der Waals surface area contributed by atoms with Crippen molar-refractivity contribution in [2.24, 2.45) is 4.99 Å². The smallest absolute Gasteiger partial charge is 0.228 e. The fraction of sp³-hybridized carbons (Fsp3) is 0.400. The summed E-state index contributed by atoms with van der Waals surface area (Å²) in [6, 6.07) is 10.3. The first-order chi connectivity index (χ1) is 12.0. The average molecular weight is 404 g/mol. The molecule has 1 heterocycles. The van der Waals surface area contributed by atoms with E-state index in [1.165, 1.54) is 11.1 Å². The van der Waals surface area contributed by atoms with Crippen LogP contribution >= 0.6 is 15.9 Å². The van der Waals surface area contributed by atoms with E-state index in [0.717, 1.165) is 28.8 Å². The lowest BCUT2D eigenvalue weighted by Gasteiger charge is -2.19. The van der Waals surface area contributed by atoms with E-state index in [2.05, 4.69) is 64.9 Å². The van der Waals surface area contributed by atoms with E-state index in [4.69, 9.17) is 4.74 Å². The Hall–Kier alpha value is -1.88. The van der Waals surface area contributed by atoms with E-state index in [0.29, 0.717) is 5.88 Å². The minimum absolute atomic E-state index is 0.0695. The third kappa shape index (κ3) is 5.05. The number of pyridine rings is 1. The molecule has 0 fully saturated rings. The topological polar surface area (TPSA) is 37.7 Å². The fourth-order valence-electron chi connectivity index (χ4n) is 2.49. The van der Waals surface area contributed by atoms with Crippen molar-refractivity contribution in [1.29, 1.82) is 0 Å². The molecule has 0 aliphatic rings. The number of hydrogen-bond donors (Lipinski definition) is 0. The first-order valence-electron chi connectivity index (χ1n) is 8.62. The summed E-state index contributed by atoms with van der Waals surface area (Å²) in [5.74, 6) is 0.596. The Morgan fingerprint density at radius 3 is 2.72 bits per heavy atom. The zero-order valence-electron chi connectivity index (χ0n) is 15.6. The number of aryl methyl sites for hydroxylation is 2. The van der Waals surface area contributed by atoms with Crippen LogP contribution < -0.4 is 4.74 Å². The molecule has 1 aromatic carbocycles. The second-order valence-corrected chi connectivity index (χ2v) is 6.86. The number of rotatable bonds is 7. The molecule has 2 aromatic rings. The summed E-state index contributed by atoms with van der Waals surface area (Å²) in [6.07, 6.45) is 2.73. The lowest BCUT2D eigenvalue weighted by molar-refractivity contribution is 0.214. The standard InChI is InChI=1S/C20H26BrN3O/c1-6-16-10-8-9-11-17(16)15(4)25-20-18(21)12-19(14(3)23-20)22-13-24(5)7-2/h8-13,15H,6-7H2,1-5H3. The molecule has 1 unspecified atom stereocenters. The first-order valence-corrected chi connectivity index (χ1v) is 9.41. The van der Waals surface area contributed by atoms with Crippen LogP contribution in [0, 0.1) is 6.92 Å². The molecule has 0 aliphatic carbocycles. The first kappa shape index (κ1) is 19.4. The molecule has 1 aromatic heterocycles. The van der Waals surface area contributed by atoms with E-state index in [1.54, 1.807) is 0 Å². The summed E-state index contributed by atoms with van der Waals surface area (Å²) in [6.45, 7) is 9.15. The molecular formula is C20H26BrN3O. The second-order valence-electron chi connectivity index (χ2n) is 6.01. The van der Waals surface area contributed by atoms with Gasteiger partial charge in [-0.1, -0.05) is 31.2 Å². The highest BCUT2D eigenvalue weighted by molar-refractivity contribution is 9.10. The molecule has 0 N–H and O–H groups in total. The maximum Gasteiger partial charge on any atom is 0.228 e. The van der Waals surface area contributed by atoms with Gasteiger partial charge in [0.2, 0.25) is 5.88 Å². The van der Waals surface area contributed by atoms with E-state index in [9.17, 15) is 0 Å². The van der Waals surface area contributed by atoms with Crippen molar-refractivity contribution in [1.82, 2.24) is 9.88 Å². The van der Waals surface area contributed by atoms with Gasteiger partial charge in [-0.05, 0) is 60.3 Å². The molecule has 0 radical (unpaired) electrons. The summed E-state index contributed by atoms with van der Waals surface area (Å²) in [4.78, 5) is 11.1. The molecule has 25 heavy (non-hydrogen) atoms. The quantitative estimate of drug-likeness (QED) is 0.454. The Bertz CT molecular complexity index is 746. The highest BCUT2D eigenvalue weighted by Crippen LogP contribution is 2.33. The number of ether oxygens (including phenoxy) is 1. The van der Waals surface area contributed by atoms with Crippen LogP contribution in [0.15, 0.2) is 39.8 Å². The third-order valence-electron chi connectivity index (χ3n) is 4.16. The Labute approximate surface area is 159 Å². The summed E-state index contributed by atoms with van der Waals surface area (Å²) in [5, 5.41) is 0. The molecule has 0 amide bonds. The van der Waals surface area contributed by atoms with Crippen LogP contribution in [0.5, 0.6) is 5.88 Å². The molecule has 2 rings (SSSR count). The van der Waals surface area contributed by atoms with Gasteiger partial charge in [0.05, 0.1) is 22.2 Å². The Kier molecular flexibility index (Phi) is 7.00. The van der Waals surface area contributed by atoms with E-state index >= 15 is 0 Å². The molecule has 0 bridgehead atoms. The molecule has 134 valence electrons. The fourth-order valence-corrected chi connectivity index (χ4v) is 2.89. The second kappa shape index (κ2) is 8.99. The number of hydrogen-bond acceptors (Lipinski definition) is 3. The summed E-state index contributed by atoms with van der Waals surface area (Å²) in [5.41, 5.74) is 4.17. The maximum atomic E-state index is 6.14. The van der Waals surface area contributed by atoms with Crippen LogP contribution in [0.2, 0.25) is 0 Å². The van der Waals surface area contributed by atoms with E-state index < -0.39 is 0 Å². The summed E-state index contributed by atoms with van der Waals surface area (Å²) < 4.78 is 6.95. The van der Waals surface area contributed by atoms with Crippen molar-refractivity contribution >= 4 is 28.0 Å². The number of aliphatic imine (C=N–C) groups is 1. The minimum atomic E-state index is -0.0695. The van der Waals surface area contributed by atoms with Gasteiger partial charge < -0.3 is 9.64 Å². The van der Waals surface area contributed by atoms with Crippen molar-refractivity contribution in [2.75, 3.05) is 13.6 Å². The lowest BCUT2D eigenvalue weighted by Crippen LogP contribution is -2.14. The monoisotopic (exact) mass is 403 g/mol. The lowest BCUT2D eigenvalue weighted by atomic mass is 10.0. The number of halogens is 1. The van der Waals surface area contributed by atoms with Crippen LogP contribution in [0.1, 0.15) is 43.7 Å². The Morgan fingerprint density at radius 1 is 1.32 bits per heavy atom. The maximum absolute atomic E-state index is 6.14. The van der Waals surface area contributed by atoms with Gasteiger partial charge in [0.15, 0.2) is 0 Å². The molecule has 4 nitrogen and oxygen atoms in total. The molecule has 1 atom stereocenters. The molecule has 0 aliphatic heterocycles. The minimum Gasteiger partial charge on any atom is -0.469 e. The number of benzene rings is 1. The molecule has 0 spiro atoms. The normalized spacial score (nSPS) is 12.4. The van der Waals surface area contributed by atoms with Crippen LogP contribution in [0.25, 0.3) is 0 Å². The van der Waals surface area contributed by atoms with Crippen molar-refractivity contribution in [2.45, 2.75) is 40.2 Å². The Morgan fingerprint density at radius 2 is 2.04 bits per heavy atom. The van der Waals surface area contributed by atoms with Crippen molar-refractivity contribution in [3.05, 3.63) is 51.6 Å². The summed E-state index contributed by atoms with van der Waals surface area (Å²) in [7, 11) is 1.99. The van der Waals surface area contributed by atoms with Crippen molar-refractivity contribution in [3.63, 3.8) is 0 Å². The van der Waals surface area contributed by atoms with Crippen LogP contribution in [-0.4, -0.2) is 29.8 Å². The third-order valence-corrected chi connectivity index (χ3v) is 4.73. The van der Waals surface area contributed by atoms with Crippen LogP contribution in [-0.2, 0) is 6.42 Å². The Balaban J connectivity index is 2.23. The number of nitrogens with zero attached hydrogens (tertiary/aromatic N) is 3. The van der Waals surface area contributed by atoms with Crippen LogP contribution in [0.4, 0.5) is 5.69 Å². The predicted molar refractivity (Wildman–Crippen MR) is 108 cm³/mol. The van der Waals surface area contributed by atoms with Crippen molar-refractivity contribution in [3.8, 4) is 5.88 Å². The van der Waals surface area contributed by atoms with Gasteiger partial charge in [0.1, 0.15) is 6.10 Å². The van der Waals surface area contributed by atoms with Gasteiger partial charge in [0.25, 0.3) is 0 Å². The highest BCUT2D eigenvalue weighted by atomic mass is 79.9. The molecule has 0 saturated heterocycles. The largest absolute Gasteiger partial charge is 0.469 e. The zero-order chi connectivity index (χ0) is 18.4. The highest BCUT2D eigenvalue weighted by Gasteiger charge is 2.15. The van der Waals surface area contributed by atoms with Gasteiger partial charge in [0, 0.05) is 13.6 Å². The SMILES string of the molecule is CCc1ccccc1C(C)Oc1nc(C)c(N=CN(C)CC)cc1Br. The predicted octanol–water partition coefficient (Wildman–Crippen LogP) is 5.47. The van der Waals surface area contributed by atoms with E-state index in [-0.39, 0.29) is 6.10 Å². The molecule has 0 saturated carbocycles. The van der Waals surface area contributed by atoms with Crippen LogP contribution in [0.3, 0.4) is 0 Å². The molecule has 5 heteroatoms. The summed E-state index contributed by atoms with van der Waals surface area (Å²) >= 11 is 3.57. The zero-order valence-corrected chi connectivity index (χ0v) is 17.2. The van der Waals surface area contributed by atoms with E-state index in [1.807, 2.05) is 37.3 Å². The van der Waals surface area contributed by atoms with Gasteiger partial charge in [-0.3, -0.25) is 0 Å². The van der Waals surface area contributed by atoms with Gasteiger partial charge in [-0.25, -0.2) is 9.98 Å². The van der Waals surface area contributed by atoms with Gasteiger partial charge in [-0.2, -0.15) is 0 Å². The number of aromatic nitrogens is 1. The van der Waals surface area contributed by atoms with Gasteiger partial charge >= 0.3 is 0 Å². The van der Waals surface area contributed by atoms with Crippen molar-refractivity contribution < 1.29 is 4.74 Å².